The van der Waals surface area contributed by atoms with Gasteiger partial charge in [0.05, 0.1) is 19.5 Å². The molecule has 0 saturated carbocycles. The van der Waals surface area contributed by atoms with Gasteiger partial charge in [-0.2, -0.15) is 0 Å². The highest BCUT2D eigenvalue weighted by Gasteiger charge is 2.24. The number of aromatic nitrogens is 4. The highest BCUT2D eigenvalue weighted by atomic mass is 16.5. The fourth-order valence-corrected chi connectivity index (χ4v) is 4.28. The van der Waals surface area contributed by atoms with Crippen molar-refractivity contribution in [3.63, 3.8) is 0 Å². The van der Waals surface area contributed by atoms with Crippen LogP contribution in [0.4, 0.5) is 0 Å². The maximum Gasteiger partial charge on any atom is 0.332 e. The lowest BCUT2D eigenvalue weighted by molar-refractivity contribution is -0.122. The van der Waals surface area contributed by atoms with Crippen LogP contribution < -0.4 is 21.3 Å². The van der Waals surface area contributed by atoms with Gasteiger partial charge in [0.25, 0.3) is 5.56 Å². The third kappa shape index (κ3) is 4.05. The van der Waals surface area contributed by atoms with Crippen molar-refractivity contribution in [2.24, 2.45) is 14.1 Å². The highest BCUT2D eigenvalue weighted by molar-refractivity contribution is 5.76. The minimum atomic E-state index is -0.567. The molecule has 3 aromatic rings. The number of nitrogens with zero attached hydrogens (tertiary/aromatic N) is 5. The Hall–Kier alpha value is -3.40. The van der Waals surface area contributed by atoms with Crippen molar-refractivity contribution in [3.05, 3.63) is 57.0 Å². The van der Waals surface area contributed by atoms with E-state index in [1.54, 1.807) is 25.8 Å². The van der Waals surface area contributed by atoms with Crippen LogP contribution in [0.3, 0.4) is 0 Å². The van der Waals surface area contributed by atoms with Crippen LogP contribution in [0.5, 0.6) is 5.75 Å². The topological polar surface area (TPSA) is 103 Å². The molecule has 10 nitrogen and oxygen atoms in total. The Morgan fingerprint density at radius 2 is 1.84 bits per heavy atom. The van der Waals surface area contributed by atoms with E-state index in [1.165, 1.54) is 10.9 Å². The Bertz CT molecular complexity index is 1230. The van der Waals surface area contributed by atoms with E-state index in [9.17, 15) is 14.4 Å². The second-order valence-corrected chi connectivity index (χ2v) is 8.10. The lowest BCUT2D eigenvalue weighted by atomic mass is 10.1. The summed E-state index contributed by atoms with van der Waals surface area (Å²) in [4.78, 5) is 44.7. The van der Waals surface area contributed by atoms with Gasteiger partial charge in [0, 0.05) is 20.6 Å². The van der Waals surface area contributed by atoms with Gasteiger partial charge in [0.2, 0.25) is 5.91 Å². The van der Waals surface area contributed by atoms with E-state index < -0.39 is 11.2 Å². The molecule has 0 unspecified atom stereocenters. The van der Waals surface area contributed by atoms with Crippen LogP contribution in [-0.4, -0.2) is 56.2 Å². The van der Waals surface area contributed by atoms with Crippen molar-refractivity contribution in [2.75, 3.05) is 26.7 Å². The minimum absolute atomic E-state index is 0.00599. The van der Waals surface area contributed by atoms with E-state index in [2.05, 4.69) is 15.2 Å². The first-order chi connectivity index (χ1) is 15.4. The van der Waals surface area contributed by atoms with E-state index in [4.69, 9.17) is 4.74 Å². The fraction of sp³-hybridized carbons (Fsp3) is 0.455. The maximum absolute atomic E-state index is 12.8. The third-order valence-corrected chi connectivity index (χ3v) is 6.08. The number of likely N-dealkylation sites (tertiary alicyclic amines) is 1. The number of aryl methyl sites for hydroxylation is 2. The molecule has 1 saturated heterocycles. The Balaban J connectivity index is 1.53. The maximum atomic E-state index is 12.8. The molecule has 32 heavy (non-hydrogen) atoms. The predicted molar refractivity (Wildman–Crippen MR) is 120 cm³/mol. The molecule has 1 fully saturated rings. The molecular weight excluding hydrogens is 412 g/mol. The molecule has 0 spiro atoms. The van der Waals surface area contributed by atoms with Crippen LogP contribution in [0.15, 0.2) is 40.2 Å². The van der Waals surface area contributed by atoms with Gasteiger partial charge in [-0.05, 0) is 43.6 Å². The largest absolute Gasteiger partial charge is 0.497 e. The van der Waals surface area contributed by atoms with Gasteiger partial charge in [-0.25, -0.2) is 14.3 Å². The van der Waals surface area contributed by atoms with E-state index in [1.807, 2.05) is 24.3 Å². The minimum Gasteiger partial charge on any atom is -0.497 e. The summed E-state index contributed by atoms with van der Waals surface area (Å²) < 4.78 is 9.05. The van der Waals surface area contributed by atoms with Gasteiger partial charge in [-0.15, -0.1) is 0 Å². The van der Waals surface area contributed by atoms with Gasteiger partial charge >= 0.3 is 5.69 Å². The van der Waals surface area contributed by atoms with Gasteiger partial charge < -0.3 is 14.6 Å². The molecular formula is C22H28N6O4. The van der Waals surface area contributed by atoms with Gasteiger partial charge in [0.15, 0.2) is 11.2 Å². The summed E-state index contributed by atoms with van der Waals surface area (Å²) in [5, 5.41) is 2.92. The second-order valence-electron chi connectivity index (χ2n) is 8.10. The quantitative estimate of drug-likeness (QED) is 0.570. The summed E-state index contributed by atoms with van der Waals surface area (Å²) in [6, 6.07) is 7.83. The molecule has 1 aliphatic rings. The lowest BCUT2D eigenvalue weighted by Crippen LogP contribution is -2.45. The number of carbonyl (C=O) groups excluding carboxylic acids is 1. The lowest BCUT2D eigenvalue weighted by Gasteiger charge is -2.28. The summed E-state index contributed by atoms with van der Waals surface area (Å²) in [6.07, 6.45) is 3.72. The Morgan fingerprint density at radius 1 is 1.16 bits per heavy atom. The molecule has 10 heteroatoms. The number of carbonyl (C=O) groups is 1. The first kappa shape index (κ1) is 21.8. The molecule has 1 aliphatic heterocycles. The monoisotopic (exact) mass is 440 g/mol. The fourth-order valence-electron chi connectivity index (χ4n) is 4.28. The van der Waals surface area contributed by atoms with Gasteiger partial charge in [-0.1, -0.05) is 12.1 Å². The summed E-state index contributed by atoms with van der Waals surface area (Å²) in [5.41, 5.74) is 0.574. The molecule has 3 heterocycles. The van der Waals surface area contributed by atoms with Crippen molar-refractivity contribution in [1.82, 2.24) is 28.9 Å². The number of benzene rings is 1. The molecule has 4 rings (SSSR count). The van der Waals surface area contributed by atoms with Crippen molar-refractivity contribution in [2.45, 2.75) is 25.4 Å². The van der Waals surface area contributed by atoms with Crippen LogP contribution in [0.25, 0.3) is 11.2 Å². The van der Waals surface area contributed by atoms with Crippen molar-refractivity contribution in [1.29, 1.82) is 0 Å². The van der Waals surface area contributed by atoms with Crippen LogP contribution in [0, 0.1) is 0 Å². The number of rotatable bonds is 7. The zero-order valence-corrected chi connectivity index (χ0v) is 18.6. The molecule has 2 aromatic heterocycles. The average molecular weight is 441 g/mol. The second kappa shape index (κ2) is 8.99. The highest BCUT2D eigenvalue weighted by Crippen LogP contribution is 2.26. The average Bonchev–Trinajstić information content (AvgIpc) is 3.46. The summed E-state index contributed by atoms with van der Waals surface area (Å²) in [6.45, 7) is 1.96. The number of nitrogens with one attached hydrogen (secondary N) is 1. The Labute approximate surface area is 185 Å². The summed E-state index contributed by atoms with van der Waals surface area (Å²) in [5.74, 6) is 0.391. The number of hydrogen-bond acceptors (Lipinski definition) is 6. The zero-order chi connectivity index (χ0) is 22.8. The Kier molecular flexibility index (Phi) is 6.13. The molecule has 0 bridgehead atoms. The predicted octanol–water partition coefficient (Wildman–Crippen LogP) is 0.396. The smallest absolute Gasteiger partial charge is 0.332 e. The molecule has 0 aliphatic carbocycles. The van der Waals surface area contributed by atoms with E-state index >= 15 is 0 Å². The van der Waals surface area contributed by atoms with Crippen LogP contribution in [0.2, 0.25) is 0 Å². The number of amides is 1. The molecule has 1 N–H and O–H groups in total. The number of hydrogen-bond donors (Lipinski definition) is 1. The zero-order valence-electron chi connectivity index (χ0n) is 18.6. The summed E-state index contributed by atoms with van der Waals surface area (Å²) >= 11 is 0. The van der Waals surface area contributed by atoms with Gasteiger partial charge in [0.1, 0.15) is 12.3 Å². The van der Waals surface area contributed by atoms with Crippen LogP contribution in [-0.2, 0) is 25.4 Å². The molecule has 1 atom stereocenters. The standard InChI is InChI=1S/C22H28N6O4/c1-25-14-24-20-19(25)21(30)28(22(31)26(20)2)13-18(29)23-12-17(27-10-4-5-11-27)15-6-8-16(32-3)9-7-15/h6-9,14,17H,4-5,10-13H2,1-3H3,(H,23,29)/t17-/m1/s1. The number of methoxy groups -OCH3 is 1. The van der Waals surface area contributed by atoms with E-state index in [-0.39, 0.29) is 24.0 Å². The number of fused-ring (bicyclic) bond motifs is 1. The third-order valence-electron chi connectivity index (χ3n) is 6.08. The molecule has 0 radical (unpaired) electrons. The van der Waals surface area contributed by atoms with Crippen LogP contribution >= 0.6 is 0 Å². The number of imidazole rings is 1. The summed E-state index contributed by atoms with van der Waals surface area (Å²) in [7, 11) is 4.85. The van der Waals surface area contributed by atoms with Gasteiger partial charge in [-0.3, -0.25) is 19.1 Å². The molecule has 170 valence electrons. The SMILES string of the molecule is COc1ccc([C@@H](CNC(=O)Cn2c(=O)c3c(ncn3C)n(C)c2=O)N2CCCC2)cc1. The van der Waals surface area contributed by atoms with E-state index in [0.717, 1.165) is 41.8 Å². The molecule has 1 aromatic carbocycles. The normalized spacial score (nSPS) is 15.2. The van der Waals surface area contributed by atoms with Crippen LogP contribution in [0.1, 0.15) is 24.4 Å². The first-order valence-corrected chi connectivity index (χ1v) is 10.7. The Morgan fingerprint density at radius 3 is 2.50 bits per heavy atom. The number of ether oxygens (including phenoxy) is 1. The van der Waals surface area contributed by atoms with E-state index in [0.29, 0.717) is 12.2 Å². The van der Waals surface area contributed by atoms with Crippen molar-refractivity contribution < 1.29 is 9.53 Å². The first-order valence-electron chi connectivity index (χ1n) is 10.7. The van der Waals surface area contributed by atoms with Crippen molar-refractivity contribution >= 4 is 17.1 Å². The molecule has 1 amide bonds. The van der Waals surface area contributed by atoms with Crippen molar-refractivity contribution in [3.8, 4) is 5.75 Å².